The molecular formula is C26H26N2O3. The fourth-order valence-corrected chi connectivity index (χ4v) is 3.96. The molecule has 0 aliphatic heterocycles. The van der Waals surface area contributed by atoms with Crippen molar-refractivity contribution in [3.8, 4) is 17.0 Å². The van der Waals surface area contributed by atoms with E-state index in [0.29, 0.717) is 25.5 Å². The zero-order chi connectivity index (χ0) is 21.6. The van der Waals surface area contributed by atoms with E-state index in [9.17, 15) is 4.79 Å². The quantitative estimate of drug-likeness (QED) is 0.530. The normalized spacial score (nSPS) is 12.5. The van der Waals surface area contributed by atoms with Crippen molar-refractivity contribution < 1.29 is 14.3 Å². The Kier molecular flexibility index (Phi) is 6.32. The molecule has 1 aliphatic carbocycles. The summed E-state index contributed by atoms with van der Waals surface area (Å²) >= 11 is 0. The summed E-state index contributed by atoms with van der Waals surface area (Å²) in [4.78, 5) is 16.5. The number of pyridine rings is 1. The van der Waals surface area contributed by atoms with Crippen LogP contribution in [0.4, 0.5) is 4.79 Å². The molecule has 0 saturated carbocycles. The molecule has 158 valence electrons. The molecule has 1 amide bonds. The third-order valence-electron chi connectivity index (χ3n) is 5.53. The molecule has 0 atom stereocenters. The second kappa shape index (κ2) is 9.47. The zero-order valence-electron chi connectivity index (χ0n) is 17.8. The summed E-state index contributed by atoms with van der Waals surface area (Å²) in [5.74, 6) is 0.676. The number of methoxy groups -OCH3 is 1. The van der Waals surface area contributed by atoms with Crippen molar-refractivity contribution in [1.29, 1.82) is 0 Å². The molecule has 5 nitrogen and oxygen atoms in total. The lowest BCUT2D eigenvalue weighted by molar-refractivity contribution is 0.143. The number of nitrogens with zero attached hydrogens (tertiary/aromatic N) is 1. The molecule has 0 saturated heterocycles. The van der Waals surface area contributed by atoms with E-state index in [0.717, 1.165) is 11.3 Å². The fourth-order valence-electron chi connectivity index (χ4n) is 3.96. The number of benzene rings is 2. The van der Waals surface area contributed by atoms with E-state index in [4.69, 9.17) is 9.47 Å². The number of carbonyl (C=O) groups excluding carboxylic acids is 1. The largest absolute Gasteiger partial charge is 0.481 e. The third-order valence-corrected chi connectivity index (χ3v) is 5.53. The molecule has 31 heavy (non-hydrogen) atoms. The number of aryl methyl sites for hydroxylation is 1. The van der Waals surface area contributed by atoms with Crippen molar-refractivity contribution in [1.82, 2.24) is 10.3 Å². The molecule has 3 aromatic rings. The van der Waals surface area contributed by atoms with Gasteiger partial charge in [-0.3, -0.25) is 0 Å². The number of aromatic nitrogens is 1. The Hall–Kier alpha value is -3.60. The first-order valence-electron chi connectivity index (χ1n) is 10.4. The Morgan fingerprint density at radius 2 is 1.71 bits per heavy atom. The lowest BCUT2D eigenvalue weighted by Gasteiger charge is -2.14. The Bertz CT molecular complexity index is 1060. The van der Waals surface area contributed by atoms with Crippen LogP contribution in [-0.2, 0) is 4.74 Å². The van der Waals surface area contributed by atoms with Crippen LogP contribution in [0.1, 0.15) is 34.7 Å². The summed E-state index contributed by atoms with van der Waals surface area (Å²) in [5.41, 5.74) is 6.80. The lowest BCUT2D eigenvalue weighted by Crippen LogP contribution is -2.26. The second-order valence-electron chi connectivity index (χ2n) is 7.47. The Morgan fingerprint density at radius 1 is 1.03 bits per heavy atom. The van der Waals surface area contributed by atoms with E-state index in [-0.39, 0.29) is 5.92 Å². The van der Waals surface area contributed by atoms with E-state index in [1.807, 2.05) is 55.5 Å². The number of amides is 1. The van der Waals surface area contributed by atoms with Crippen molar-refractivity contribution in [3.63, 3.8) is 0 Å². The van der Waals surface area contributed by atoms with E-state index in [2.05, 4.69) is 34.6 Å². The average Bonchev–Trinajstić information content (AvgIpc) is 3.12. The van der Waals surface area contributed by atoms with Gasteiger partial charge in [0.2, 0.25) is 5.88 Å². The van der Waals surface area contributed by atoms with Crippen LogP contribution in [0.2, 0.25) is 0 Å². The van der Waals surface area contributed by atoms with Crippen molar-refractivity contribution in [3.05, 3.63) is 89.1 Å². The average molecular weight is 415 g/mol. The Labute approximate surface area is 182 Å². The lowest BCUT2D eigenvalue weighted by atomic mass is 9.98. The predicted molar refractivity (Wildman–Crippen MR) is 122 cm³/mol. The topological polar surface area (TPSA) is 60.5 Å². The first-order chi connectivity index (χ1) is 15.2. The highest BCUT2D eigenvalue weighted by Gasteiger charge is 2.28. The van der Waals surface area contributed by atoms with Crippen LogP contribution in [0.5, 0.6) is 5.88 Å². The molecule has 2 aromatic carbocycles. The van der Waals surface area contributed by atoms with Crippen molar-refractivity contribution in [2.45, 2.75) is 19.3 Å². The summed E-state index contributed by atoms with van der Waals surface area (Å²) in [6, 6.07) is 20.4. The van der Waals surface area contributed by atoms with Crippen LogP contribution in [0.25, 0.3) is 17.2 Å². The van der Waals surface area contributed by atoms with Gasteiger partial charge in [-0.15, -0.1) is 0 Å². The van der Waals surface area contributed by atoms with E-state index in [1.54, 1.807) is 7.11 Å². The second-order valence-corrected chi connectivity index (χ2v) is 7.47. The Morgan fingerprint density at radius 3 is 2.35 bits per heavy atom. The molecule has 1 heterocycles. The number of ether oxygens (including phenoxy) is 2. The molecule has 5 heteroatoms. The van der Waals surface area contributed by atoms with Gasteiger partial charge in [0, 0.05) is 24.2 Å². The molecular weight excluding hydrogens is 388 g/mol. The van der Waals surface area contributed by atoms with Gasteiger partial charge in [0.05, 0.1) is 7.11 Å². The number of hydrogen-bond acceptors (Lipinski definition) is 4. The summed E-state index contributed by atoms with van der Waals surface area (Å²) < 4.78 is 10.7. The standard InChI is InChI=1S/C26H26N2O3/c1-18-19(14-15-25(28-18)30-2)9-7-8-16-27-26(29)31-17-24-22-12-5-3-10-20(22)21-11-4-6-13-23(21)24/h3-7,9-15,24H,8,16-17H2,1-2H3,(H,27,29). The van der Waals surface area contributed by atoms with Gasteiger partial charge < -0.3 is 14.8 Å². The molecule has 0 unspecified atom stereocenters. The molecule has 0 fully saturated rings. The van der Waals surface area contributed by atoms with Crippen molar-refractivity contribution >= 4 is 12.2 Å². The van der Waals surface area contributed by atoms with Gasteiger partial charge in [0.15, 0.2) is 0 Å². The van der Waals surface area contributed by atoms with Crippen LogP contribution < -0.4 is 10.1 Å². The van der Waals surface area contributed by atoms with Crippen LogP contribution in [-0.4, -0.2) is 31.3 Å². The van der Waals surface area contributed by atoms with Gasteiger partial charge >= 0.3 is 6.09 Å². The van der Waals surface area contributed by atoms with Crippen LogP contribution in [0.15, 0.2) is 66.7 Å². The van der Waals surface area contributed by atoms with E-state index in [1.165, 1.54) is 22.3 Å². The smallest absolute Gasteiger partial charge is 0.407 e. The summed E-state index contributed by atoms with van der Waals surface area (Å²) in [6.07, 6.45) is 4.33. The Balaban J connectivity index is 1.27. The summed E-state index contributed by atoms with van der Waals surface area (Å²) in [7, 11) is 1.60. The van der Waals surface area contributed by atoms with Crippen molar-refractivity contribution in [2.75, 3.05) is 20.3 Å². The highest BCUT2D eigenvalue weighted by Crippen LogP contribution is 2.44. The molecule has 1 aliphatic rings. The number of carbonyl (C=O) groups is 1. The number of alkyl carbamates (subject to hydrolysis) is 1. The molecule has 0 bridgehead atoms. The SMILES string of the molecule is COc1ccc(C=CCCNC(=O)OCC2c3ccccc3-c3ccccc32)c(C)n1. The number of rotatable bonds is 7. The van der Waals surface area contributed by atoms with Gasteiger partial charge in [-0.05, 0) is 47.2 Å². The van der Waals surface area contributed by atoms with E-state index >= 15 is 0 Å². The highest BCUT2D eigenvalue weighted by molar-refractivity contribution is 5.79. The number of nitrogens with one attached hydrogen (secondary N) is 1. The molecule has 1 aromatic heterocycles. The molecule has 4 rings (SSSR count). The summed E-state index contributed by atoms with van der Waals surface area (Å²) in [5, 5.41) is 2.83. The first-order valence-corrected chi connectivity index (χ1v) is 10.4. The molecule has 1 N–H and O–H groups in total. The maximum absolute atomic E-state index is 12.2. The van der Waals surface area contributed by atoms with Crippen LogP contribution in [0, 0.1) is 6.92 Å². The zero-order valence-corrected chi connectivity index (χ0v) is 17.8. The summed E-state index contributed by atoms with van der Waals surface area (Å²) in [6.45, 7) is 2.78. The highest BCUT2D eigenvalue weighted by atomic mass is 16.5. The predicted octanol–water partition coefficient (Wildman–Crippen LogP) is 5.34. The molecule has 0 radical (unpaired) electrons. The minimum atomic E-state index is -0.391. The van der Waals surface area contributed by atoms with Crippen LogP contribution >= 0.6 is 0 Å². The maximum Gasteiger partial charge on any atom is 0.407 e. The third kappa shape index (κ3) is 4.61. The number of hydrogen-bond donors (Lipinski definition) is 1. The maximum atomic E-state index is 12.2. The van der Waals surface area contributed by atoms with Crippen LogP contribution in [0.3, 0.4) is 0 Å². The molecule has 0 spiro atoms. The number of fused-ring (bicyclic) bond motifs is 3. The first kappa shape index (κ1) is 20.7. The van der Waals surface area contributed by atoms with Gasteiger partial charge in [-0.1, -0.05) is 60.7 Å². The van der Waals surface area contributed by atoms with Gasteiger partial charge in [0.25, 0.3) is 0 Å². The van der Waals surface area contributed by atoms with Gasteiger partial charge in [-0.2, -0.15) is 0 Å². The minimum absolute atomic E-state index is 0.0728. The van der Waals surface area contributed by atoms with E-state index < -0.39 is 6.09 Å². The minimum Gasteiger partial charge on any atom is -0.481 e. The van der Waals surface area contributed by atoms with Gasteiger partial charge in [0.1, 0.15) is 6.61 Å². The van der Waals surface area contributed by atoms with Gasteiger partial charge in [-0.25, -0.2) is 9.78 Å². The fraction of sp³-hybridized carbons (Fsp3) is 0.231. The monoisotopic (exact) mass is 414 g/mol. The van der Waals surface area contributed by atoms with Crippen molar-refractivity contribution in [2.24, 2.45) is 0 Å².